The predicted octanol–water partition coefficient (Wildman–Crippen LogP) is 6.79. The normalized spacial score (nSPS) is 11.7. The Bertz CT molecular complexity index is 1480. The van der Waals surface area contributed by atoms with Crippen LogP contribution < -0.4 is 21.1 Å². The second-order valence-electron chi connectivity index (χ2n) is 8.89. The third-order valence-corrected chi connectivity index (χ3v) is 6.18. The number of phenolic OH excluding ortho intramolecular Hbond substituents is 1. The number of amides is 2. The highest BCUT2D eigenvalue weighted by Gasteiger charge is 2.19. The number of rotatable bonds is 10. The summed E-state index contributed by atoms with van der Waals surface area (Å²) in [6.45, 7) is 0. The van der Waals surface area contributed by atoms with Crippen LogP contribution >= 0.6 is 0 Å². The van der Waals surface area contributed by atoms with Crippen molar-refractivity contribution in [3.05, 3.63) is 103 Å². The maximum atomic E-state index is 12.9. The summed E-state index contributed by atoms with van der Waals surface area (Å²) < 4.78 is 11.0. The fourth-order valence-corrected chi connectivity index (χ4v) is 4.20. The highest BCUT2D eigenvalue weighted by atomic mass is 16.6. The molecule has 4 rings (SSSR count). The van der Waals surface area contributed by atoms with E-state index in [4.69, 9.17) is 15.2 Å². The number of hydrogen-bond acceptors (Lipinski definition) is 6. The number of methoxy groups -OCH3 is 1. The lowest BCUT2D eigenvalue weighted by Gasteiger charge is -2.20. The number of phenols is 1. The van der Waals surface area contributed by atoms with Crippen LogP contribution in [0.15, 0.2) is 97.1 Å². The maximum absolute atomic E-state index is 12.9. The van der Waals surface area contributed by atoms with Gasteiger partial charge in [-0.3, -0.25) is 10.1 Å². The Balaban J connectivity index is 1.40. The molecular formula is C31H31N3O5. The smallest absolute Gasteiger partial charge is 0.412 e. The second kappa shape index (κ2) is 13.0. The third kappa shape index (κ3) is 7.29. The largest absolute Gasteiger partial charge is 0.504 e. The van der Waals surface area contributed by atoms with Crippen LogP contribution in [0.25, 0.3) is 10.8 Å². The number of anilines is 3. The molecule has 0 aliphatic carbocycles. The number of para-hydroxylation sites is 2. The highest BCUT2D eigenvalue weighted by Crippen LogP contribution is 2.33. The molecule has 0 saturated heterocycles. The molecular weight excluding hydrogens is 494 g/mol. The van der Waals surface area contributed by atoms with Gasteiger partial charge in [-0.2, -0.15) is 0 Å². The molecule has 0 aromatic heterocycles. The van der Waals surface area contributed by atoms with Gasteiger partial charge in [-0.05, 0) is 66.6 Å². The van der Waals surface area contributed by atoms with Gasteiger partial charge in [0.1, 0.15) is 6.10 Å². The third-order valence-electron chi connectivity index (χ3n) is 6.18. The molecule has 4 aromatic rings. The van der Waals surface area contributed by atoms with Crippen molar-refractivity contribution >= 4 is 39.8 Å². The van der Waals surface area contributed by atoms with Gasteiger partial charge in [0, 0.05) is 5.39 Å². The first-order valence-corrected chi connectivity index (χ1v) is 12.6. The molecule has 0 fully saturated rings. The molecule has 4 aromatic carbocycles. The predicted molar refractivity (Wildman–Crippen MR) is 154 cm³/mol. The van der Waals surface area contributed by atoms with Gasteiger partial charge >= 0.3 is 6.09 Å². The minimum atomic E-state index is -0.636. The topological polar surface area (TPSA) is 123 Å². The first kappa shape index (κ1) is 27.1. The van der Waals surface area contributed by atoms with Gasteiger partial charge < -0.3 is 25.6 Å². The van der Waals surface area contributed by atoms with E-state index in [2.05, 4.69) is 10.6 Å². The Morgan fingerprint density at radius 2 is 1.69 bits per heavy atom. The van der Waals surface area contributed by atoms with Crippen LogP contribution in [-0.4, -0.2) is 24.2 Å². The molecule has 0 bridgehead atoms. The van der Waals surface area contributed by atoms with E-state index in [0.29, 0.717) is 47.6 Å². The van der Waals surface area contributed by atoms with Crippen molar-refractivity contribution in [2.45, 2.75) is 25.4 Å². The molecule has 8 heteroatoms. The summed E-state index contributed by atoms with van der Waals surface area (Å²) in [5.74, 6) is -0.00392. The Morgan fingerprint density at radius 1 is 0.949 bits per heavy atom. The van der Waals surface area contributed by atoms with E-state index in [9.17, 15) is 14.7 Å². The molecule has 39 heavy (non-hydrogen) atoms. The van der Waals surface area contributed by atoms with Crippen molar-refractivity contribution in [3.8, 4) is 11.5 Å². The van der Waals surface area contributed by atoms with E-state index in [-0.39, 0.29) is 11.7 Å². The number of nitrogens with two attached hydrogens (primary N) is 1. The minimum Gasteiger partial charge on any atom is -0.504 e. The molecule has 0 saturated carbocycles. The van der Waals surface area contributed by atoms with Gasteiger partial charge in [0.15, 0.2) is 11.5 Å². The van der Waals surface area contributed by atoms with Crippen LogP contribution in [0.4, 0.5) is 21.9 Å². The van der Waals surface area contributed by atoms with E-state index in [1.165, 1.54) is 19.3 Å². The monoisotopic (exact) mass is 525 g/mol. The number of hydrogen-bond donors (Lipinski definition) is 4. The first-order valence-electron chi connectivity index (χ1n) is 12.6. The number of ether oxygens (including phenoxy) is 2. The number of benzene rings is 4. The van der Waals surface area contributed by atoms with E-state index in [1.807, 2.05) is 42.5 Å². The van der Waals surface area contributed by atoms with E-state index in [0.717, 1.165) is 10.8 Å². The summed E-state index contributed by atoms with van der Waals surface area (Å²) in [5.41, 5.74) is 8.18. The number of allylic oxidation sites excluding steroid dienone is 1. The summed E-state index contributed by atoms with van der Waals surface area (Å²) in [6, 6.07) is 25.3. The average molecular weight is 526 g/mol. The Kier molecular flexibility index (Phi) is 9.03. The Labute approximate surface area is 227 Å². The molecule has 2 amide bonds. The number of nitrogen functional groups attached to an aromatic ring is 1. The molecule has 0 heterocycles. The highest BCUT2D eigenvalue weighted by molar-refractivity contribution is 6.01. The summed E-state index contributed by atoms with van der Waals surface area (Å²) in [7, 11) is 1.47. The van der Waals surface area contributed by atoms with Gasteiger partial charge in [0.05, 0.1) is 24.2 Å². The molecule has 5 N–H and O–H groups in total. The lowest BCUT2D eigenvalue weighted by Crippen LogP contribution is -2.18. The van der Waals surface area contributed by atoms with Crippen molar-refractivity contribution < 1.29 is 24.2 Å². The van der Waals surface area contributed by atoms with Crippen molar-refractivity contribution in [1.82, 2.24) is 0 Å². The van der Waals surface area contributed by atoms with E-state index < -0.39 is 12.2 Å². The molecule has 0 aliphatic heterocycles. The number of fused-ring (bicyclic) bond motifs is 1. The van der Waals surface area contributed by atoms with Crippen molar-refractivity contribution in [3.63, 3.8) is 0 Å². The molecule has 0 aliphatic rings. The summed E-state index contributed by atoms with van der Waals surface area (Å²) in [5, 5.41) is 17.8. The second-order valence-corrected chi connectivity index (χ2v) is 8.89. The van der Waals surface area contributed by atoms with E-state index in [1.54, 1.807) is 42.5 Å². The summed E-state index contributed by atoms with van der Waals surface area (Å²) >= 11 is 0. The minimum absolute atomic E-state index is 0.0465. The number of carbonyl (C=O) groups excluding carboxylic acids is 2. The zero-order valence-corrected chi connectivity index (χ0v) is 21.6. The van der Waals surface area contributed by atoms with Crippen molar-refractivity contribution in [1.29, 1.82) is 0 Å². The zero-order valence-electron chi connectivity index (χ0n) is 21.6. The van der Waals surface area contributed by atoms with Crippen LogP contribution in [0.2, 0.25) is 0 Å². The van der Waals surface area contributed by atoms with Gasteiger partial charge in [0.2, 0.25) is 5.91 Å². The number of nitrogens with one attached hydrogen (secondary N) is 2. The van der Waals surface area contributed by atoms with Gasteiger partial charge in [-0.15, -0.1) is 0 Å². The average Bonchev–Trinajstić information content (AvgIpc) is 2.93. The molecule has 0 spiro atoms. The zero-order chi connectivity index (χ0) is 27.6. The Hall–Kier alpha value is -4.98. The van der Waals surface area contributed by atoms with Gasteiger partial charge in [-0.1, -0.05) is 60.7 Å². The van der Waals surface area contributed by atoms with Crippen LogP contribution in [0.1, 0.15) is 30.9 Å². The molecule has 1 atom stereocenters. The lowest BCUT2D eigenvalue weighted by atomic mass is 10.0. The first-order chi connectivity index (χ1) is 18.9. The molecule has 8 nitrogen and oxygen atoms in total. The van der Waals surface area contributed by atoms with Crippen molar-refractivity contribution in [2.75, 3.05) is 23.5 Å². The maximum Gasteiger partial charge on any atom is 0.412 e. The SMILES string of the molecule is COc1ccc([C@H](CCC/C=C/C(=O)Nc2ccccc2N)OC(=O)Nc2cccc3ccccc23)cc1O. The molecule has 0 radical (unpaired) electrons. The summed E-state index contributed by atoms with van der Waals surface area (Å²) in [6.07, 6.45) is 3.62. The lowest BCUT2D eigenvalue weighted by molar-refractivity contribution is -0.111. The van der Waals surface area contributed by atoms with Crippen LogP contribution in [-0.2, 0) is 9.53 Å². The van der Waals surface area contributed by atoms with Crippen LogP contribution in [0.5, 0.6) is 11.5 Å². The molecule has 0 unspecified atom stereocenters. The summed E-state index contributed by atoms with van der Waals surface area (Å²) in [4.78, 5) is 25.2. The number of aromatic hydroxyl groups is 1. The van der Waals surface area contributed by atoms with Crippen LogP contribution in [0, 0.1) is 0 Å². The Morgan fingerprint density at radius 3 is 2.49 bits per heavy atom. The van der Waals surface area contributed by atoms with Gasteiger partial charge in [0.25, 0.3) is 0 Å². The number of unbranched alkanes of at least 4 members (excludes halogenated alkanes) is 1. The molecule has 200 valence electrons. The van der Waals surface area contributed by atoms with Crippen LogP contribution in [0.3, 0.4) is 0 Å². The van der Waals surface area contributed by atoms with Gasteiger partial charge in [-0.25, -0.2) is 4.79 Å². The van der Waals surface area contributed by atoms with E-state index >= 15 is 0 Å². The quantitative estimate of drug-likeness (QED) is 0.103. The fraction of sp³-hybridized carbons (Fsp3) is 0.161. The fourth-order valence-electron chi connectivity index (χ4n) is 4.20. The number of carbonyl (C=O) groups is 2. The standard InChI is InChI=1S/C31H31N3O5/c1-38-29-19-18-22(20-27(29)35)28(16-3-2-4-17-30(36)33-26-14-8-7-13-24(26)32)39-31(37)34-25-15-9-11-21-10-5-6-12-23(21)25/h4-15,17-20,28,35H,2-3,16,32H2,1H3,(H,33,36)(H,34,37)/b17-4+/t28-/m0/s1. The van der Waals surface area contributed by atoms with Crippen molar-refractivity contribution in [2.24, 2.45) is 0 Å².